The van der Waals surface area contributed by atoms with Crippen molar-refractivity contribution in [1.29, 1.82) is 0 Å². The van der Waals surface area contributed by atoms with E-state index in [0.717, 1.165) is 16.3 Å². The van der Waals surface area contributed by atoms with Crippen molar-refractivity contribution in [1.82, 2.24) is 4.98 Å². The second-order valence-electron chi connectivity index (χ2n) is 3.80. The topological polar surface area (TPSA) is 34.2 Å². The Hall–Kier alpha value is -1.69. The molecule has 19 heavy (non-hydrogen) atoms. The van der Waals surface area contributed by atoms with Crippen LogP contribution in [0.25, 0.3) is 0 Å². The van der Waals surface area contributed by atoms with Gasteiger partial charge in [0.15, 0.2) is 0 Å². The number of halogens is 2. The Morgan fingerprint density at radius 2 is 2.16 bits per heavy atom. The zero-order valence-electron chi connectivity index (χ0n) is 10.4. The van der Waals surface area contributed by atoms with Gasteiger partial charge in [0, 0.05) is 11.1 Å². The predicted molar refractivity (Wildman–Crippen MR) is 71.9 cm³/mol. The Bertz CT molecular complexity index is 531. The number of ether oxygens (including phenoxy) is 1. The molecule has 0 aliphatic heterocycles. The van der Waals surface area contributed by atoms with E-state index in [-0.39, 0.29) is 5.75 Å². The third kappa shape index (κ3) is 3.89. The lowest BCUT2D eigenvalue weighted by atomic mass is 10.3. The maximum Gasteiger partial charge on any atom is 0.387 e. The van der Waals surface area contributed by atoms with Crippen LogP contribution in [0, 0.1) is 0 Å². The quantitative estimate of drug-likeness (QED) is 0.873. The Kier molecular flexibility index (Phi) is 4.68. The van der Waals surface area contributed by atoms with Gasteiger partial charge in [0.2, 0.25) is 0 Å². The van der Waals surface area contributed by atoms with E-state index in [0.29, 0.717) is 12.2 Å². The van der Waals surface area contributed by atoms with Crippen molar-refractivity contribution < 1.29 is 13.5 Å². The Morgan fingerprint density at radius 1 is 1.37 bits per heavy atom. The summed E-state index contributed by atoms with van der Waals surface area (Å²) in [4.78, 5) is 5.30. The summed E-state index contributed by atoms with van der Waals surface area (Å²) in [6.45, 7) is -0.235. The lowest BCUT2D eigenvalue weighted by Gasteiger charge is -2.11. The molecule has 0 saturated carbocycles. The van der Waals surface area contributed by atoms with Crippen LogP contribution in [0.1, 0.15) is 16.8 Å². The van der Waals surface area contributed by atoms with E-state index >= 15 is 0 Å². The summed E-state index contributed by atoms with van der Waals surface area (Å²) < 4.78 is 29.0. The van der Waals surface area contributed by atoms with Gasteiger partial charge in [-0.2, -0.15) is 8.78 Å². The van der Waals surface area contributed by atoms with Crippen LogP contribution in [-0.4, -0.2) is 11.6 Å². The Labute approximate surface area is 114 Å². The molecule has 0 spiro atoms. The van der Waals surface area contributed by atoms with E-state index in [2.05, 4.69) is 15.0 Å². The molecule has 0 amide bonds. The molecule has 102 valence electrons. The highest BCUT2D eigenvalue weighted by molar-refractivity contribution is 7.11. The SMILES string of the molecule is CCc1ncc(CNc2ccccc2OC(F)F)s1. The molecule has 0 radical (unpaired) electrons. The number of nitrogens with one attached hydrogen (secondary N) is 1. The van der Waals surface area contributed by atoms with Crippen LogP contribution in [-0.2, 0) is 13.0 Å². The summed E-state index contributed by atoms with van der Waals surface area (Å²) in [5, 5.41) is 4.15. The zero-order chi connectivity index (χ0) is 13.7. The number of nitrogens with zero attached hydrogens (tertiary/aromatic N) is 1. The molecule has 1 N–H and O–H groups in total. The molecule has 1 heterocycles. The number of hydrogen-bond donors (Lipinski definition) is 1. The first-order chi connectivity index (χ1) is 9.19. The number of aromatic nitrogens is 1. The van der Waals surface area contributed by atoms with E-state index < -0.39 is 6.61 Å². The van der Waals surface area contributed by atoms with Crippen molar-refractivity contribution >= 4 is 17.0 Å². The predicted octanol–water partition coefficient (Wildman–Crippen LogP) is 3.92. The smallest absolute Gasteiger partial charge is 0.387 e. The lowest BCUT2D eigenvalue weighted by molar-refractivity contribution is -0.0493. The second kappa shape index (κ2) is 6.47. The van der Waals surface area contributed by atoms with Gasteiger partial charge in [-0.15, -0.1) is 11.3 Å². The number of aryl methyl sites for hydroxylation is 1. The monoisotopic (exact) mass is 284 g/mol. The number of thiazole rings is 1. The third-order valence-electron chi connectivity index (χ3n) is 2.46. The molecular formula is C13H14F2N2OS. The zero-order valence-corrected chi connectivity index (χ0v) is 11.2. The average molecular weight is 284 g/mol. The standard InChI is InChI=1S/C13H14F2N2OS/c1-2-12-17-8-9(19-12)7-16-10-5-3-4-6-11(10)18-13(14)15/h3-6,8,13,16H,2,7H2,1H3. The van der Waals surface area contributed by atoms with Gasteiger partial charge >= 0.3 is 6.61 Å². The fourth-order valence-electron chi connectivity index (χ4n) is 1.59. The van der Waals surface area contributed by atoms with Gasteiger partial charge in [0.25, 0.3) is 0 Å². The van der Waals surface area contributed by atoms with Gasteiger partial charge in [0.05, 0.1) is 17.2 Å². The van der Waals surface area contributed by atoms with Gasteiger partial charge in [-0.3, -0.25) is 0 Å². The molecule has 3 nitrogen and oxygen atoms in total. The molecular weight excluding hydrogens is 270 g/mol. The molecule has 6 heteroatoms. The van der Waals surface area contributed by atoms with Crippen LogP contribution in [0.5, 0.6) is 5.75 Å². The number of anilines is 1. The van der Waals surface area contributed by atoms with Gasteiger partial charge in [-0.25, -0.2) is 4.98 Å². The maximum absolute atomic E-state index is 12.3. The molecule has 0 bridgehead atoms. The molecule has 2 rings (SSSR count). The number of rotatable bonds is 6. The van der Waals surface area contributed by atoms with Gasteiger partial charge in [0.1, 0.15) is 5.75 Å². The lowest BCUT2D eigenvalue weighted by Crippen LogP contribution is -2.06. The number of benzene rings is 1. The van der Waals surface area contributed by atoms with Crippen LogP contribution in [0.3, 0.4) is 0 Å². The van der Waals surface area contributed by atoms with Crippen molar-refractivity contribution in [3.05, 3.63) is 40.3 Å². The minimum absolute atomic E-state index is 0.151. The minimum atomic E-state index is -2.82. The van der Waals surface area contributed by atoms with Crippen molar-refractivity contribution in [2.45, 2.75) is 26.5 Å². The summed E-state index contributed by atoms with van der Waals surface area (Å²) in [7, 11) is 0. The molecule has 0 aliphatic rings. The van der Waals surface area contributed by atoms with Crippen LogP contribution in [0.2, 0.25) is 0 Å². The largest absolute Gasteiger partial charge is 0.433 e. The Morgan fingerprint density at radius 3 is 2.84 bits per heavy atom. The van der Waals surface area contributed by atoms with E-state index in [4.69, 9.17) is 0 Å². The van der Waals surface area contributed by atoms with E-state index in [1.807, 2.05) is 6.92 Å². The molecule has 1 aromatic carbocycles. The number of hydrogen-bond acceptors (Lipinski definition) is 4. The van der Waals surface area contributed by atoms with Crippen LogP contribution in [0.4, 0.5) is 14.5 Å². The number of alkyl halides is 2. The first-order valence-electron chi connectivity index (χ1n) is 5.90. The highest BCUT2D eigenvalue weighted by Crippen LogP contribution is 2.26. The molecule has 1 aromatic heterocycles. The van der Waals surface area contributed by atoms with Crippen molar-refractivity contribution in [3.63, 3.8) is 0 Å². The maximum atomic E-state index is 12.3. The van der Waals surface area contributed by atoms with Crippen LogP contribution < -0.4 is 10.1 Å². The summed E-state index contributed by atoms with van der Waals surface area (Å²) in [6, 6.07) is 6.65. The van der Waals surface area contributed by atoms with Crippen LogP contribution in [0.15, 0.2) is 30.5 Å². The highest BCUT2D eigenvalue weighted by Gasteiger charge is 2.09. The summed E-state index contributed by atoms with van der Waals surface area (Å²) in [6.07, 6.45) is 2.70. The van der Waals surface area contributed by atoms with Crippen molar-refractivity contribution in [3.8, 4) is 5.75 Å². The molecule has 0 atom stereocenters. The molecule has 2 aromatic rings. The van der Waals surface area contributed by atoms with E-state index in [1.54, 1.807) is 35.7 Å². The second-order valence-corrected chi connectivity index (χ2v) is 5.00. The molecule has 0 aliphatic carbocycles. The molecule has 0 saturated heterocycles. The summed E-state index contributed by atoms with van der Waals surface area (Å²) >= 11 is 1.61. The molecule has 0 unspecified atom stereocenters. The fourth-order valence-corrected chi connectivity index (χ4v) is 2.39. The van der Waals surface area contributed by atoms with Crippen LogP contribution >= 0.6 is 11.3 Å². The van der Waals surface area contributed by atoms with Crippen molar-refractivity contribution in [2.75, 3.05) is 5.32 Å². The van der Waals surface area contributed by atoms with Gasteiger partial charge in [-0.05, 0) is 18.6 Å². The van der Waals surface area contributed by atoms with E-state index in [9.17, 15) is 8.78 Å². The first kappa shape index (κ1) is 13.7. The summed E-state index contributed by atoms with van der Waals surface area (Å²) in [5.41, 5.74) is 0.550. The van der Waals surface area contributed by atoms with Crippen molar-refractivity contribution in [2.24, 2.45) is 0 Å². The first-order valence-corrected chi connectivity index (χ1v) is 6.72. The number of para-hydroxylation sites is 2. The Balaban J connectivity index is 2.02. The van der Waals surface area contributed by atoms with Gasteiger partial charge < -0.3 is 10.1 Å². The van der Waals surface area contributed by atoms with Gasteiger partial charge in [-0.1, -0.05) is 19.1 Å². The highest BCUT2D eigenvalue weighted by atomic mass is 32.1. The van der Waals surface area contributed by atoms with E-state index in [1.165, 1.54) is 6.07 Å². The normalized spacial score (nSPS) is 10.7. The minimum Gasteiger partial charge on any atom is -0.433 e. The average Bonchev–Trinajstić information content (AvgIpc) is 2.85. The third-order valence-corrected chi connectivity index (χ3v) is 3.60. The summed E-state index contributed by atoms with van der Waals surface area (Å²) in [5.74, 6) is 0.151. The fraction of sp³-hybridized carbons (Fsp3) is 0.308. The molecule has 0 fully saturated rings.